The van der Waals surface area contributed by atoms with Crippen LogP contribution in [0.3, 0.4) is 0 Å². The monoisotopic (exact) mass is 346 g/mol. The van der Waals surface area contributed by atoms with Crippen molar-refractivity contribution < 1.29 is 9.52 Å². The lowest BCUT2D eigenvalue weighted by molar-refractivity contribution is 0.452. The summed E-state index contributed by atoms with van der Waals surface area (Å²) in [5.74, 6) is 0.201. The Kier molecular flexibility index (Phi) is 3.39. The summed E-state index contributed by atoms with van der Waals surface area (Å²) in [6.07, 6.45) is 1.46. The number of aryl methyl sites for hydroxylation is 1. The van der Waals surface area contributed by atoms with Gasteiger partial charge in [-0.1, -0.05) is 29.8 Å². The Morgan fingerprint density at radius 1 is 1.33 bits per heavy atom. The lowest BCUT2D eigenvalue weighted by atomic mass is 10.1. The second-order valence-electron chi connectivity index (χ2n) is 4.58. The van der Waals surface area contributed by atoms with Gasteiger partial charge < -0.3 is 14.5 Å². The Balaban J connectivity index is 2.18. The van der Waals surface area contributed by atoms with Crippen LogP contribution in [-0.4, -0.2) is 15.1 Å². The van der Waals surface area contributed by atoms with Crippen molar-refractivity contribution in [3.8, 4) is 28.6 Å². The normalized spacial score (nSPS) is 10.8. The third kappa shape index (κ3) is 2.50. The van der Waals surface area contributed by atoms with Gasteiger partial charge in [0.2, 0.25) is 5.88 Å². The summed E-state index contributed by atoms with van der Waals surface area (Å²) in [6.45, 7) is 1.91. The third-order valence-electron chi connectivity index (χ3n) is 3.04. The summed E-state index contributed by atoms with van der Waals surface area (Å²) in [6, 6.07) is 8.98. The number of hydrogen-bond donors (Lipinski definition) is 2. The molecular formula is C15H11BrN2O3. The number of benzene rings is 1. The summed E-state index contributed by atoms with van der Waals surface area (Å²) in [5, 5.41) is 10.1. The average molecular weight is 347 g/mol. The lowest BCUT2D eigenvalue weighted by Crippen LogP contribution is -2.12. The van der Waals surface area contributed by atoms with Crippen molar-refractivity contribution in [1.29, 1.82) is 0 Å². The minimum Gasteiger partial charge on any atom is -0.493 e. The molecule has 2 N–H and O–H groups in total. The van der Waals surface area contributed by atoms with Gasteiger partial charge >= 0.3 is 0 Å². The summed E-state index contributed by atoms with van der Waals surface area (Å²) in [7, 11) is 0. The Morgan fingerprint density at radius 2 is 2.14 bits per heavy atom. The maximum Gasteiger partial charge on any atom is 0.263 e. The van der Waals surface area contributed by atoms with Crippen molar-refractivity contribution in [1.82, 2.24) is 9.97 Å². The molecule has 1 aromatic carbocycles. The van der Waals surface area contributed by atoms with E-state index in [1.54, 1.807) is 12.1 Å². The molecule has 0 spiro atoms. The fraction of sp³-hybridized carbons (Fsp3) is 0.0667. The maximum absolute atomic E-state index is 12.3. The van der Waals surface area contributed by atoms with Crippen LogP contribution in [0.2, 0.25) is 0 Å². The second kappa shape index (κ2) is 5.21. The van der Waals surface area contributed by atoms with Gasteiger partial charge in [0.1, 0.15) is 5.56 Å². The van der Waals surface area contributed by atoms with E-state index in [0.29, 0.717) is 15.8 Å². The predicted octanol–water partition coefficient (Wildman–Crippen LogP) is 3.47. The minimum atomic E-state index is -0.425. The first-order valence-corrected chi connectivity index (χ1v) is 6.99. The molecule has 0 unspecified atom stereocenters. The molecule has 5 nitrogen and oxygen atoms in total. The maximum atomic E-state index is 12.3. The Bertz CT molecular complexity index is 867. The van der Waals surface area contributed by atoms with E-state index >= 15 is 0 Å². The Labute approximate surface area is 128 Å². The highest BCUT2D eigenvalue weighted by molar-refractivity contribution is 9.10. The summed E-state index contributed by atoms with van der Waals surface area (Å²) >= 11 is 3.29. The molecule has 0 fully saturated rings. The molecule has 0 aliphatic carbocycles. The molecule has 0 aliphatic heterocycles. The molecule has 0 aliphatic rings. The average Bonchev–Trinajstić information content (AvgIpc) is 2.84. The first-order chi connectivity index (χ1) is 10.1. The van der Waals surface area contributed by atoms with E-state index in [1.165, 1.54) is 6.26 Å². The fourth-order valence-electron chi connectivity index (χ4n) is 2.09. The van der Waals surface area contributed by atoms with Crippen molar-refractivity contribution in [2.24, 2.45) is 0 Å². The largest absolute Gasteiger partial charge is 0.493 e. The van der Waals surface area contributed by atoms with Gasteiger partial charge in [-0.05, 0) is 34.5 Å². The number of nitrogens with one attached hydrogen (secondary N) is 1. The van der Waals surface area contributed by atoms with Crippen molar-refractivity contribution in [3.63, 3.8) is 0 Å². The predicted molar refractivity (Wildman–Crippen MR) is 82.1 cm³/mol. The van der Waals surface area contributed by atoms with Gasteiger partial charge in [0.25, 0.3) is 5.56 Å². The van der Waals surface area contributed by atoms with Crippen LogP contribution in [0.4, 0.5) is 0 Å². The lowest BCUT2D eigenvalue weighted by Gasteiger charge is -2.06. The van der Waals surface area contributed by atoms with E-state index in [1.807, 2.05) is 25.1 Å². The van der Waals surface area contributed by atoms with Crippen molar-refractivity contribution in [2.45, 2.75) is 6.92 Å². The highest BCUT2D eigenvalue weighted by Gasteiger charge is 2.16. The molecule has 2 aromatic heterocycles. The van der Waals surface area contributed by atoms with Gasteiger partial charge in [-0.3, -0.25) is 4.79 Å². The third-order valence-corrected chi connectivity index (χ3v) is 3.66. The molecular weight excluding hydrogens is 336 g/mol. The number of furan rings is 1. The van der Waals surface area contributed by atoms with Crippen LogP contribution in [0.15, 0.2) is 50.3 Å². The molecule has 0 saturated heterocycles. The standard InChI is InChI=1S/C15H11BrN2O3/c1-8-3-2-4-9(7-8)11-14(19)17-13(18-15(11)20)12-10(16)5-6-21-12/h2-7H,1H3,(H2,17,18,19,20). The molecule has 0 radical (unpaired) electrons. The number of nitrogens with zero attached hydrogens (tertiary/aromatic N) is 1. The molecule has 0 saturated carbocycles. The minimum absolute atomic E-state index is 0.144. The van der Waals surface area contributed by atoms with Crippen LogP contribution in [0.25, 0.3) is 22.7 Å². The van der Waals surface area contributed by atoms with Crippen molar-refractivity contribution in [3.05, 3.63) is 57.0 Å². The SMILES string of the molecule is Cc1cccc(-c2c(O)nc(-c3occc3Br)[nH]c2=O)c1. The van der Waals surface area contributed by atoms with Crippen molar-refractivity contribution in [2.75, 3.05) is 0 Å². The molecule has 6 heteroatoms. The number of aromatic nitrogens is 2. The highest BCUT2D eigenvalue weighted by Crippen LogP contribution is 2.30. The fourth-order valence-corrected chi connectivity index (χ4v) is 2.48. The van der Waals surface area contributed by atoms with Crippen LogP contribution < -0.4 is 5.56 Å². The van der Waals surface area contributed by atoms with Crippen LogP contribution >= 0.6 is 15.9 Å². The Morgan fingerprint density at radius 3 is 2.76 bits per heavy atom. The smallest absolute Gasteiger partial charge is 0.263 e. The van der Waals surface area contributed by atoms with Crippen LogP contribution in [0.1, 0.15) is 5.56 Å². The zero-order valence-electron chi connectivity index (χ0n) is 11.1. The van der Waals surface area contributed by atoms with Crippen LogP contribution in [-0.2, 0) is 0 Å². The molecule has 0 bridgehead atoms. The van der Waals surface area contributed by atoms with Gasteiger partial charge in [0.15, 0.2) is 11.6 Å². The molecule has 2 heterocycles. The molecule has 0 atom stereocenters. The summed E-state index contributed by atoms with van der Waals surface area (Å²) < 4.78 is 5.88. The van der Waals surface area contributed by atoms with E-state index in [-0.39, 0.29) is 17.3 Å². The Hall–Kier alpha value is -2.34. The zero-order chi connectivity index (χ0) is 15.0. The molecule has 3 aromatic rings. The van der Waals surface area contributed by atoms with Gasteiger partial charge in [0.05, 0.1) is 10.7 Å². The van der Waals surface area contributed by atoms with Gasteiger partial charge in [-0.15, -0.1) is 0 Å². The molecule has 3 rings (SSSR count). The van der Waals surface area contributed by atoms with E-state index in [9.17, 15) is 9.90 Å². The summed E-state index contributed by atoms with van der Waals surface area (Å²) in [5.41, 5.74) is 1.33. The van der Waals surface area contributed by atoms with Crippen LogP contribution in [0.5, 0.6) is 5.88 Å². The van der Waals surface area contributed by atoms with E-state index < -0.39 is 5.56 Å². The van der Waals surface area contributed by atoms with Gasteiger partial charge in [-0.25, -0.2) is 0 Å². The number of halogens is 1. The number of aromatic hydroxyl groups is 1. The van der Waals surface area contributed by atoms with E-state index in [0.717, 1.165) is 5.56 Å². The number of H-pyrrole nitrogens is 1. The highest BCUT2D eigenvalue weighted by atomic mass is 79.9. The topological polar surface area (TPSA) is 79.1 Å². The number of hydrogen-bond acceptors (Lipinski definition) is 4. The van der Waals surface area contributed by atoms with E-state index in [4.69, 9.17) is 4.42 Å². The molecule has 0 amide bonds. The first-order valence-electron chi connectivity index (χ1n) is 6.20. The number of rotatable bonds is 2. The second-order valence-corrected chi connectivity index (χ2v) is 5.43. The van der Waals surface area contributed by atoms with E-state index in [2.05, 4.69) is 25.9 Å². The quantitative estimate of drug-likeness (QED) is 0.744. The number of aromatic amines is 1. The zero-order valence-corrected chi connectivity index (χ0v) is 12.6. The first kappa shape index (κ1) is 13.6. The molecule has 106 valence electrons. The molecule has 21 heavy (non-hydrogen) atoms. The van der Waals surface area contributed by atoms with Gasteiger partial charge in [-0.2, -0.15) is 4.98 Å². The summed E-state index contributed by atoms with van der Waals surface area (Å²) in [4.78, 5) is 18.9. The van der Waals surface area contributed by atoms with Gasteiger partial charge in [0, 0.05) is 0 Å². The van der Waals surface area contributed by atoms with Crippen LogP contribution in [0, 0.1) is 6.92 Å². The van der Waals surface area contributed by atoms with Crippen molar-refractivity contribution >= 4 is 15.9 Å².